The van der Waals surface area contributed by atoms with Crippen LogP contribution in [0.25, 0.3) is 0 Å². The predicted octanol–water partition coefficient (Wildman–Crippen LogP) is 5.59. The van der Waals surface area contributed by atoms with Crippen molar-refractivity contribution in [1.82, 2.24) is 9.78 Å². The number of sulfone groups is 1. The van der Waals surface area contributed by atoms with Crippen LogP contribution in [0.3, 0.4) is 0 Å². The van der Waals surface area contributed by atoms with Crippen LogP contribution in [0, 0.1) is 11.7 Å². The summed E-state index contributed by atoms with van der Waals surface area (Å²) in [6, 6.07) is 2.65. The van der Waals surface area contributed by atoms with Crippen LogP contribution in [-0.2, 0) is 22.6 Å². The average molecular weight is 502 g/mol. The van der Waals surface area contributed by atoms with E-state index in [9.17, 15) is 34.8 Å². The van der Waals surface area contributed by atoms with Crippen molar-refractivity contribution in [1.29, 1.82) is 0 Å². The highest BCUT2D eigenvalue weighted by atomic mass is 35.5. The third kappa shape index (κ3) is 5.64. The minimum Gasteiger partial charge on any atom is -0.261 e. The molecule has 0 aliphatic heterocycles. The van der Waals surface area contributed by atoms with Gasteiger partial charge in [0.2, 0.25) is 5.92 Å². The van der Waals surface area contributed by atoms with E-state index in [0.717, 1.165) is 29.1 Å². The maximum atomic E-state index is 14.2. The minimum atomic E-state index is -4.87. The summed E-state index contributed by atoms with van der Waals surface area (Å²) in [6.45, 7) is -0.112. The number of benzene rings is 1. The van der Waals surface area contributed by atoms with Crippen LogP contribution < -0.4 is 0 Å². The number of halogens is 7. The van der Waals surface area contributed by atoms with Gasteiger partial charge in [0.1, 0.15) is 22.8 Å². The molecular formula is C19H18ClF6N3O2S. The lowest BCUT2D eigenvalue weighted by Crippen LogP contribution is -2.28. The summed E-state index contributed by atoms with van der Waals surface area (Å²) in [7, 11) is -3.74. The van der Waals surface area contributed by atoms with Crippen LogP contribution in [0.5, 0.6) is 0 Å². The van der Waals surface area contributed by atoms with Crippen molar-refractivity contribution in [2.75, 3.05) is 6.26 Å². The number of hydrogen-bond acceptors (Lipinski definition) is 4. The van der Waals surface area contributed by atoms with Gasteiger partial charge in [-0.2, -0.15) is 18.3 Å². The fraction of sp³-hybridized carbons (Fsp3) is 0.474. The summed E-state index contributed by atoms with van der Waals surface area (Å²) >= 11 is 6.05. The van der Waals surface area contributed by atoms with Crippen LogP contribution in [0.2, 0.25) is 0 Å². The standard InChI is InChI=1S/C19H18ClF6N3O2S/c1-32(30,31)12-2-3-14(21)15(8-12)28-17(20)16-13(19(24,25)26)9-27-29(16)10-11-4-6-18(22,23)7-5-11/h2-3,8-9,11H,4-7,10H2,1H3/b28-17-. The molecule has 0 atom stereocenters. The highest BCUT2D eigenvalue weighted by molar-refractivity contribution is 7.90. The lowest BCUT2D eigenvalue weighted by atomic mass is 9.87. The van der Waals surface area contributed by atoms with Gasteiger partial charge < -0.3 is 0 Å². The highest BCUT2D eigenvalue weighted by Crippen LogP contribution is 2.38. The molecule has 1 aromatic carbocycles. The van der Waals surface area contributed by atoms with E-state index in [1.54, 1.807) is 0 Å². The molecule has 1 aliphatic carbocycles. The Morgan fingerprint density at radius 2 is 1.91 bits per heavy atom. The Kier molecular flexibility index (Phi) is 6.67. The van der Waals surface area contributed by atoms with Gasteiger partial charge in [0.15, 0.2) is 15.0 Å². The second-order valence-corrected chi connectivity index (χ2v) is 10.0. The third-order valence-electron chi connectivity index (χ3n) is 5.17. The predicted molar refractivity (Wildman–Crippen MR) is 106 cm³/mol. The molecule has 3 rings (SSSR count). The van der Waals surface area contributed by atoms with Gasteiger partial charge in [0.05, 0.1) is 11.1 Å². The lowest BCUT2D eigenvalue weighted by molar-refractivity contribution is -0.137. The van der Waals surface area contributed by atoms with Crippen molar-refractivity contribution < 1.29 is 34.8 Å². The molecule has 0 spiro atoms. The molecule has 1 saturated carbocycles. The Morgan fingerprint density at radius 3 is 2.47 bits per heavy atom. The van der Waals surface area contributed by atoms with E-state index in [4.69, 9.17) is 11.6 Å². The van der Waals surface area contributed by atoms with Gasteiger partial charge in [0, 0.05) is 25.6 Å². The fourth-order valence-electron chi connectivity index (χ4n) is 3.44. The van der Waals surface area contributed by atoms with Gasteiger partial charge in [0.25, 0.3) is 0 Å². The molecule has 5 nitrogen and oxygen atoms in total. The third-order valence-corrected chi connectivity index (χ3v) is 6.55. The molecule has 0 N–H and O–H groups in total. The van der Waals surface area contributed by atoms with E-state index < -0.39 is 49.9 Å². The first-order chi connectivity index (χ1) is 14.7. The van der Waals surface area contributed by atoms with Gasteiger partial charge in [-0.3, -0.25) is 4.68 Å². The van der Waals surface area contributed by atoms with Crippen molar-refractivity contribution in [3.8, 4) is 0 Å². The topological polar surface area (TPSA) is 64.3 Å². The summed E-state index contributed by atoms with van der Waals surface area (Å²) in [4.78, 5) is 3.39. The largest absolute Gasteiger partial charge is 0.420 e. The Balaban J connectivity index is 2.01. The van der Waals surface area contributed by atoms with Gasteiger partial charge >= 0.3 is 6.18 Å². The molecule has 1 fully saturated rings. The average Bonchev–Trinajstić information content (AvgIpc) is 3.08. The number of alkyl halides is 5. The van der Waals surface area contributed by atoms with Crippen molar-refractivity contribution in [2.45, 2.75) is 49.2 Å². The first-order valence-electron chi connectivity index (χ1n) is 9.42. The molecule has 13 heteroatoms. The first-order valence-corrected chi connectivity index (χ1v) is 11.7. The minimum absolute atomic E-state index is 0.0907. The maximum absolute atomic E-state index is 14.2. The van der Waals surface area contributed by atoms with Crippen LogP contribution in [-0.4, -0.2) is 35.5 Å². The van der Waals surface area contributed by atoms with Gasteiger partial charge in [-0.25, -0.2) is 26.6 Å². The second kappa shape index (κ2) is 8.69. The SMILES string of the molecule is CS(=O)(=O)c1ccc(F)c(/N=C(\Cl)c2c(C(F)(F)F)cnn2CC2CCC(F)(F)CC2)c1. The van der Waals surface area contributed by atoms with E-state index >= 15 is 0 Å². The number of hydrogen-bond donors (Lipinski definition) is 0. The smallest absolute Gasteiger partial charge is 0.261 e. The summed E-state index contributed by atoms with van der Waals surface area (Å²) in [5.41, 5.74) is -2.45. The molecule has 1 heterocycles. The molecule has 2 aromatic rings. The highest BCUT2D eigenvalue weighted by Gasteiger charge is 2.39. The molecule has 1 aromatic heterocycles. The number of aromatic nitrogens is 2. The zero-order chi connectivity index (χ0) is 23.9. The van der Waals surface area contributed by atoms with Gasteiger partial charge in [-0.1, -0.05) is 11.6 Å². The molecule has 1 aliphatic rings. The Labute approximate surface area is 185 Å². The molecule has 0 amide bonds. The van der Waals surface area contributed by atoms with Crippen LogP contribution in [0.1, 0.15) is 36.9 Å². The normalized spacial score (nSPS) is 18.2. The Hall–Kier alpha value is -2.08. The van der Waals surface area contributed by atoms with Crippen molar-refractivity contribution in [3.63, 3.8) is 0 Å². The van der Waals surface area contributed by atoms with Crippen LogP contribution in [0.4, 0.5) is 32.0 Å². The molecule has 32 heavy (non-hydrogen) atoms. The molecule has 0 bridgehead atoms. The zero-order valence-electron chi connectivity index (χ0n) is 16.6. The molecule has 176 valence electrons. The fourth-order valence-corrected chi connectivity index (χ4v) is 4.37. The van der Waals surface area contributed by atoms with Crippen molar-refractivity contribution in [3.05, 3.63) is 41.5 Å². The van der Waals surface area contributed by atoms with E-state index in [-0.39, 0.29) is 43.0 Å². The van der Waals surface area contributed by atoms with Crippen molar-refractivity contribution >= 4 is 32.3 Å². The van der Waals surface area contributed by atoms with E-state index in [1.165, 1.54) is 0 Å². The molecule has 0 radical (unpaired) electrons. The van der Waals surface area contributed by atoms with Gasteiger partial charge in [-0.15, -0.1) is 0 Å². The van der Waals surface area contributed by atoms with Crippen LogP contribution >= 0.6 is 11.6 Å². The van der Waals surface area contributed by atoms with Crippen LogP contribution in [0.15, 0.2) is 34.3 Å². The Bertz CT molecular complexity index is 1130. The Morgan fingerprint density at radius 1 is 1.28 bits per heavy atom. The van der Waals surface area contributed by atoms with Crippen molar-refractivity contribution in [2.24, 2.45) is 10.9 Å². The quantitative estimate of drug-likeness (QED) is 0.305. The monoisotopic (exact) mass is 501 g/mol. The van der Waals surface area contributed by atoms with E-state index in [1.807, 2.05) is 0 Å². The summed E-state index contributed by atoms with van der Waals surface area (Å²) < 4.78 is 106. The maximum Gasteiger partial charge on any atom is 0.420 e. The summed E-state index contributed by atoms with van der Waals surface area (Å²) in [6.07, 6.45) is -4.04. The number of aliphatic imine (C=N–C) groups is 1. The lowest BCUT2D eigenvalue weighted by Gasteiger charge is -2.28. The number of nitrogens with zero attached hydrogens (tertiary/aromatic N) is 3. The molecular weight excluding hydrogens is 484 g/mol. The van der Waals surface area contributed by atoms with E-state index in [2.05, 4.69) is 10.1 Å². The molecule has 0 saturated heterocycles. The number of rotatable bonds is 5. The zero-order valence-corrected chi connectivity index (χ0v) is 18.2. The summed E-state index contributed by atoms with van der Waals surface area (Å²) in [5, 5.41) is 2.95. The second-order valence-electron chi connectivity index (χ2n) is 7.67. The summed E-state index contributed by atoms with van der Waals surface area (Å²) in [5.74, 6) is -4.16. The van der Waals surface area contributed by atoms with Gasteiger partial charge in [-0.05, 0) is 37.0 Å². The molecule has 0 unspecified atom stereocenters. The first kappa shape index (κ1) is 24.6. The van der Waals surface area contributed by atoms with E-state index in [0.29, 0.717) is 6.20 Å².